The molecule has 0 aliphatic heterocycles. The van der Waals surface area contributed by atoms with E-state index >= 15 is 0 Å². The molecule has 1 aromatic heterocycles. The smallest absolute Gasteiger partial charge is 0.227 e. The number of hydrogen-bond donors (Lipinski definition) is 2. The molecule has 0 atom stereocenters. The maximum atomic E-state index is 12.0. The molecule has 7 heteroatoms. The summed E-state index contributed by atoms with van der Waals surface area (Å²) in [5.41, 5.74) is 11.2. The van der Waals surface area contributed by atoms with Crippen LogP contribution in [0.2, 0.25) is 0 Å². The molecule has 1 aliphatic rings. The van der Waals surface area contributed by atoms with Crippen LogP contribution in [0.25, 0.3) is 22.2 Å². The van der Waals surface area contributed by atoms with Gasteiger partial charge in [-0.05, 0) is 51.1 Å². The number of nitrogens with zero attached hydrogens (tertiary/aromatic N) is 2. The van der Waals surface area contributed by atoms with Gasteiger partial charge in [0.25, 0.3) is 0 Å². The van der Waals surface area contributed by atoms with Crippen LogP contribution in [-0.4, -0.2) is 55.8 Å². The van der Waals surface area contributed by atoms with Gasteiger partial charge in [0.15, 0.2) is 0 Å². The SMILES string of the molecule is CCn1c(-c2ccc(NC(=O)C3CC3)cc2)c(N)c2ccc(OCCN(C)CCOC)cc21. The van der Waals surface area contributed by atoms with Gasteiger partial charge < -0.3 is 30.0 Å². The number of carbonyl (C=O) groups excluding carboxylic acids is 1. The van der Waals surface area contributed by atoms with E-state index in [9.17, 15) is 4.79 Å². The van der Waals surface area contributed by atoms with E-state index in [4.69, 9.17) is 15.2 Å². The number of fused-ring (bicyclic) bond motifs is 1. The molecule has 1 amide bonds. The van der Waals surface area contributed by atoms with E-state index in [0.717, 1.165) is 71.8 Å². The molecule has 176 valence electrons. The van der Waals surface area contributed by atoms with E-state index in [1.807, 2.05) is 36.4 Å². The molecule has 0 radical (unpaired) electrons. The minimum absolute atomic E-state index is 0.113. The number of rotatable bonds is 11. The molecule has 7 nitrogen and oxygen atoms in total. The number of hydrogen-bond acceptors (Lipinski definition) is 5. The fraction of sp³-hybridized carbons (Fsp3) is 0.423. The molecule has 1 aliphatic carbocycles. The second-order valence-electron chi connectivity index (χ2n) is 8.67. The summed E-state index contributed by atoms with van der Waals surface area (Å²) >= 11 is 0. The summed E-state index contributed by atoms with van der Waals surface area (Å²) in [6, 6.07) is 14.0. The number of carbonyl (C=O) groups is 1. The predicted molar refractivity (Wildman–Crippen MR) is 134 cm³/mol. The largest absolute Gasteiger partial charge is 0.492 e. The first kappa shape index (κ1) is 23.1. The third-order valence-corrected chi connectivity index (χ3v) is 6.18. The van der Waals surface area contributed by atoms with Crippen LogP contribution in [0.5, 0.6) is 5.75 Å². The van der Waals surface area contributed by atoms with E-state index in [1.54, 1.807) is 7.11 Å². The number of methoxy groups -OCH3 is 1. The first-order chi connectivity index (χ1) is 16.0. The Morgan fingerprint density at radius 3 is 2.55 bits per heavy atom. The lowest BCUT2D eigenvalue weighted by molar-refractivity contribution is -0.117. The Balaban J connectivity index is 1.52. The number of benzene rings is 2. The molecule has 0 saturated heterocycles. The molecule has 3 N–H and O–H groups in total. The lowest BCUT2D eigenvalue weighted by atomic mass is 10.1. The van der Waals surface area contributed by atoms with Crippen LogP contribution in [0.1, 0.15) is 19.8 Å². The third-order valence-electron chi connectivity index (χ3n) is 6.18. The molecular weight excluding hydrogens is 416 g/mol. The average Bonchev–Trinajstić information content (AvgIpc) is 3.63. The first-order valence-corrected chi connectivity index (χ1v) is 11.6. The predicted octanol–water partition coefficient (Wildman–Crippen LogP) is 4.22. The number of nitrogens with two attached hydrogens (primary N) is 1. The maximum absolute atomic E-state index is 12.0. The molecule has 2 aromatic carbocycles. The number of nitrogens with one attached hydrogen (secondary N) is 1. The van der Waals surface area contributed by atoms with Crippen LogP contribution in [0.3, 0.4) is 0 Å². The van der Waals surface area contributed by atoms with Gasteiger partial charge in [-0.15, -0.1) is 0 Å². The highest BCUT2D eigenvalue weighted by Crippen LogP contribution is 2.38. The summed E-state index contributed by atoms with van der Waals surface area (Å²) in [5.74, 6) is 1.13. The fourth-order valence-corrected chi connectivity index (χ4v) is 4.07. The van der Waals surface area contributed by atoms with E-state index in [-0.39, 0.29) is 11.8 Å². The minimum Gasteiger partial charge on any atom is -0.492 e. The van der Waals surface area contributed by atoms with Crippen molar-refractivity contribution in [2.75, 3.05) is 51.5 Å². The van der Waals surface area contributed by atoms with Crippen molar-refractivity contribution in [3.05, 3.63) is 42.5 Å². The lowest BCUT2D eigenvalue weighted by Crippen LogP contribution is -2.27. The Kier molecular flexibility index (Phi) is 7.20. The number of aryl methyl sites for hydroxylation is 1. The number of anilines is 2. The van der Waals surface area contributed by atoms with Crippen LogP contribution in [0.15, 0.2) is 42.5 Å². The van der Waals surface area contributed by atoms with Crippen molar-refractivity contribution in [2.45, 2.75) is 26.3 Å². The highest BCUT2D eigenvalue weighted by Gasteiger charge is 2.29. The highest BCUT2D eigenvalue weighted by molar-refractivity contribution is 6.01. The van der Waals surface area contributed by atoms with E-state index in [0.29, 0.717) is 13.2 Å². The van der Waals surface area contributed by atoms with Gasteiger partial charge in [-0.3, -0.25) is 4.79 Å². The van der Waals surface area contributed by atoms with Crippen LogP contribution >= 0.6 is 0 Å². The summed E-state index contributed by atoms with van der Waals surface area (Å²) in [7, 11) is 3.77. The normalized spacial score (nSPS) is 13.6. The summed E-state index contributed by atoms with van der Waals surface area (Å²) in [4.78, 5) is 14.2. The summed E-state index contributed by atoms with van der Waals surface area (Å²) < 4.78 is 13.4. The Labute approximate surface area is 195 Å². The van der Waals surface area contributed by atoms with E-state index in [1.165, 1.54) is 0 Å². The number of likely N-dealkylation sites (N-methyl/N-ethyl adjacent to an activating group) is 1. The molecule has 0 bridgehead atoms. The minimum atomic E-state index is 0.113. The van der Waals surface area contributed by atoms with Crippen molar-refractivity contribution >= 4 is 28.2 Å². The average molecular weight is 451 g/mol. The molecular formula is C26H34N4O3. The Bertz CT molecular complexity index is 1100. The molecule has 4 rings (SSSR count). The van der Waals surface area contributed by atoms with Gasteiger partial charge in [-0.25, -0.2) is 0 Å². The zero-order valence-corrected chi connectivity index (χ0v) is 19.8. The molecule has 0 unspecified atom stereocenters. The quantitative estimate of drug-likeness (QED) is 0.457. The van der Waals surface area contributed by atoms with Crippen LogP contribution in [0, 0.1) is 5.92 Å². The van der Waals surface area contributed by atoms with Crippen molar-refractivity contribution in [3.8, 4) is 17.0 Å². The second kappa shape index (κ2) is 10.3. The Morgan fingerprint density at radius 1 is 1.15 bits per heavy atom. The van der Waals surface area contributed by atoms with Crippen LogP contribution in [0.4, 0.5) is 11.4 Å². The number of amides is 1. The number of aromatic nitrogens is 1. The highest BCUT2D eigenvalue weighted by atomic mass is 16.5. The standard InChI is InChI=1S/C26H34N4O3/c1-4-30-23-17-21(33-16-14-29(2)13-15-32-3)11-12-22(23)24(27)25(30)18-7-9-20(10-8-18)28-26(31)19-5-6-19/h7-12,17,19H,4-6,13-16,27H2,1-3H3,(H,28,31). The van der Waals surface area contributed by atoms with E-state index < -0.39 is 0 Å². The fourth-order valence-electron chi connectivity index (χ4n) is 4.07. The number of nitrogen functional groups attached to an aromatic ring is 1. The third kappa shape index (κ3) is 5.31. The number of ether oxygens (including phenoxy) is 2. The van der Waals surface area contributed by atoms with Gasteiger partial charge in [0.05, 0.1) is 23.5 Å². The zero-order valence-electron chi connectivity index (χ0n) is 19.8. The zero-order chi connectivity index (χ0) is 23.4. The van der Waals surface area contributed by atoms with Gasteiger partial charge in [-0.1, -0.05) is 12.1 Å². The second-order valence-corrected chi connectivity index (χ2v) is 8.67. The topological polar surface area (TPSA) is 81.8 Å². The van der Waals surface area contributed by atoms with Crippen molar-refractivity contribution in [1.29, 1.82) is 0 Å². The van der Waals surface area contributed by atoms with Crippen LogP contribution in [-0.2, 0) is 16.1 Å². The summed E-state index contributed by atoms with van der Waals surface area (Å²) in [6.07, 6.45) is 1.99. The summed E-state index contributed by atoms with van der Waals surface area (Å²) in [5, 5.41) is 4.01. The van der Waals surface area contributed by atoms with Gasteiger partial charge in [0.1, 0.15) is 12.4 Å². The molecule has 0 spiro atoms. The van der Waals surface area contributed by atoms with Crippen LogP contribution < -0.4 is 15.8 Å². The van der Waals surface area contributed by atoms with Gasteiger partial charge >= 0.3 is 0 Å². The molecule has 1 heterocycles. The summed E-state index contributed by atoms with van der Waals surface area (Å²) in [6.45, 7) is 5.92. The maximum Gasteiger partial charge on any atom is 0.227 e. The Hall–Kier alpha value is -3.03. The van der Waals surface area contributed by atoms with Gasteiger partial charge in [-0.2, -0.15) is 0 Å². The molecule has 1 fully saturated rings. The van der Waals surface area contributed by atoms with Crippen molar-refractivity contribution in [2.24, 2.45) is 5.92 Å². The Morgan fingerprint density at radius 2 is 1.88 bits per heavy atom. The van der Waals surface area contributed by atoms with Crippen molar-refractivity contribution in [1.82, 2.24) is 9.47 Å². The molecule has 33 heavy (non-hydrogen) atoms. The van der Waals surface area contributed by atoms with Gasteiger partial charge in [0, 0.05) is 55.4 Å². The van der Waals surface area contributed by atoms with Crippen molar-refractivity contribution < 1.29 is 14.3 Å². The first-order valence-electron chi connectivity index (χ1n) is 11.6. The van der Waals surface area contributed by atoms with Gasteiger partial charge in [0.2, 0.25) is 5.91 Å². The van der Waals surface area contributed by atoms with Crippen molar-refractivity contribution in [3.63, 3.8) is 0 Å². The molecule has 1 saturated carbocycles. The van der Waals surface area contributed by atoms with E-state index in [2.05, 4.69) is 34.8 Å². The monoisotopic (exact) mass is 450 g/mol. The lowest BCUT2D eigenvalue weighted by Gasteiger charge is -2.16. The molecule has 3 aromatic rings.